The highest BCUT2D eigenvalue weighted by atomic mass is 32.2. The van der Waals surface area contributed by atoms with Gasteiger partial charge in [0.1, 0.15) is 5.82 Å². The molecule has 0 radical (unpaired) electrons. The smallest absolute Gasteiger partial charge is 0.242 e. The molecule has 1 aromatic rings. The zero-order chi connectivity index (χ0) is 14.5. The average Bonchev–Trinajstić information content (AvgIpc) is 2.94. The van der Waals surface area contributed by atoms with Crippen LogP contribution in [-0.2, 0) is 4.79 Å². The Kier molecular flexibility index (Phi) is 5.48. The van der Waals surface area contributed by atoms with E-state index in [0.717, 1.165) is 36.8 Å². The lowest BCUT2D eigenvalue weighted by Gasteiger charge is -2.31. The molecule has 0 spiro atoms. The molecule has 1 aliphatic heterocycles. The molecule has 112 valence electrons. The Morgan fingerprint density at radius 2 is 2.15 bits per heavy atom. The molecule has 20 heavy (non-hydrogen) atoms. The molecule has 1 fully saturated rings. The van der Waals surface area contributed by atoms with E-state index in [0.29, 0.717) is 6.04 Å². The van der Waals surface area contributed by atoms with E-state index in [1.54, 1.807) is 6.20 Å². The lowest BCUT2D eigenvalue weighted by Crippen LogP contribution is -2.46. The molecule has 6 heteroatoms. The summed E-state index contributed by atoms with van der Waals surface area (Å²) in [4.78, 5) is 14.6. The molecule has 2 heterocycles. The number of nitrogens with zero attached hydrogens (tertiary/aromatic N) is 3. The Morgan fingerprint density at radius 3 is 2.80 bits per heavy atom. The number of hydrogen-bond acceptors (Lipinski definition) is 4. The summed E-state index contributed by atoms with van der Waals surface area (Å²) in [6.07, 6.45) is 2.73. The molecule has 5 nitrogen and oxygen atoms in total. The van der Waals surface area contributed by atoms with Gasteiger partial charge in [-0.2, -0.15) is 16.9 Å². The van der Waals surface area contributed by atoms with E-state index in [1.165, 1.54) is 0 Å². The molecule has 0 aliphatic carbocycles. The van der Waals surface area contributed by atoms with Crippen LogP contribution in [-0.4, -0.2) is 51.2 Å². The van der Waals surface area contributed by atoms with Gasteiger partial charge in [-0.3, -0.25) is 9.69 Å². The number of aromatic nitrogens is 2. The van der Waals surface area contributed by atoms with Crippen molar-refractivity contribution in [3.8, 4) is 0 Å². The Labute approximate surface area is 125 Å². The minimum absolute atomic E-state index is 0.0574. The molecule has 0 unspecified atom stereocenters. The maximum atomic E-state index is 12.4. The van der Waals surface area contributed by atoms with Crippen molar-refractivity contribution in [2.75, 3.05) is 29.9 Å². The molecular formula is C14H24N4OS. The van der Waals surface area contributed by atoms with Gasteiger partial charge in [-0.1, -0.05) is 6.92 Å². The quantitative estimate of drug-likeness (QED) is 0.905. The molecular weight excluding hydrogens is 272 g/mol. The summed E-state index contributed by atoms with van der Waals surface area (Å²) >= 11 is 1.95. The second kappa shape index (κ2) is 7.13. The van der Waals surface area contributed by atoms with Crippen molar-refractivity contribution in [1.82, 2.24) is 14.7 Å². The predicted octanol–water partition coefficient (Wildman–Crippen LogP) is 2.23. The van der Waals surface area contributed by atoms with Gasteiger partial charge in [0.2, 0.25) is 5.91 Å². The van der Waals surface area contributed by atoms with E-state index in [9.17, 15) is 4.79 Å². The van der Waals surface area contributed by atoms with Crippen LogP contribution in [0.1, 0.15) is 33.2 Å². The van der Waals surface area contributed by atoms with Gasteiger partial charge >= 0.3 is 0 Å². The number of amides is 1. The maximum Gasteiger partial charge on any atom is 0.242 e. The van der Waals surface area contributed by atoms with Gasteiger partial charge in [0.25, 0.3) is 0 Å². The zero-order valence-corrected chi connectivity index (χ0v) is 13.3. The summed E-state index contributed by atoms with van der Waals surface area (Å²) in [7, 11) is 0. The average molecular weight is 296 g/mol. The molecule has 0 bridgehead atoms. The van der Waals surface area contributed by atoms with E-state index >= 15 is 0 Å². The number of carbonyl (C=O) groups is 1. The molecule has 2 rings (SSSR count). The molecule has 1 N–H and O–H groups in total. The molecule has 1 amide bonds. The SMILES string of the molecule is CC[C@H](C)n1nccc1NC(=O)[C@@H](C)N1CCSCC1. The third-order valence-electron chi connectivity index (χ3n) is 3.90. The standard InChI is InChI=1S/C14H24N4OS/c1-4-11(2)18-13(5-6-15-18)16-14(19)12(3)17-7-9-20-10-8-17/h5-6,11-12H,4,7-10H2,1-3H3,(H,16,19)/t11-,12+/m0/s1. The first-order valence-electron chi connectivity index (χ1n) is 7.29. The van der Waals surface area contributed by atoms with E-state index in [4.69, 9.17) is 0 Å². The van der Waals surface area contributed by atoms with Crippen LogP contribution in [0.3, 0.4) is 0 Å². The number of rotatable bonds is 5. The van der Waals surface area contributed by atoms with Crippen LogP contribution < -0.4 is 5.32 Å². The molecule has 1 saturated heterocycles. The summed E-state index contributed by atoms with van der Waals surface area (Å²) < 4.78 is 1.89. The molecule has 0 saturated carbocycles. The number of nitrogens with one attached hydrogen (secondary N) is 1. The van der Waals surface area contributed by atoms with Crippen molar-refractivity contribution in [3.05, 3.63) is 12.3 Å². The fraction of sp³-hybridized carbons (Fsp3) is 0.714. The summed E-state index contributed by atoms with van der Waals surface area (Å²) in [5, 5.41) is 7.31. The van der Waals surface area contributed by atoms with Crippen molar-refractivity contribution >= 4 is 23.5 Å². The van der Waals surface area contributed by atoms with Crippen LogP contribution in [0.25, 0.3) is 0 Å². The molecule has 1 aromatic heterocycles. The summed E-state index contributed by atoms with van der Waals surface area (Å²) in [5.74, 6) is 3.08. The van der Waals surface area contributed by atoms with Crippen LogP contribution in [0.2, 0.25) is 0 Å². The van der Waals surface area contributed by atoms with Gasteiger partial charge in [0, 0.05) is 30.7 Å². The summed E-state index contributed by atoms with van der Waals surface area (Å²) in [6, 6.07) is 2.07. The van der Waals surface area contributed by atoms with Gasteiger partial charge < -0.3 is 5.32 Å². The Bertz CT molecular complexity index is 442. The maximum absolute atomic E-state index is 12.4. The van der Waals surface area contributed by atoms with E-state index in [2.05, 4.69) is 29.2 Å². The van der Waals surface area contributed by atoms with Gasteiger partial charge in [0.15, 0.2) is 0 Å². The minimum atomic E-state index is -0.0869. The first-order chi connectivity index (χ1) is 9.63. The van der Waals surface area contributed by atoms with Crippen LogP contribution >= 0.6 is 11.8 Å². The number of hydrogen-bond donors (Lipinski definition) is 1. The topological polar surface area (TPSA) is 50.2 Å². The van der Waals surface area contributed by atoms with E-state index in [1.807, 2.05) is 29.4 Å². The lowest BCUT2D eigenvalue weighted by molar-refractivity contribution is -0.120. The second-order valence-electron chi connectivity index (χ2n) is 5.23. The molecule has 2 atom stereocenters. The first-order valence-corrected chi connectivity index (χ1v) is 8.45. The van der Waals surface area contributed by atoms with Crippen molar-refractivity contribution in [3.63, 3.8) is 0 Å². The third kappa shape index (κ3) is 3.55. The highest BCUT2D eigenvalue weighted by Gasteiger charge is 2.24. The fourth-order valence-corrected chi connectivity index (χ4v) is 3.23. The normalized spacial score (nSPS) is 19.6. The lowest BCUT2D eigenvalue weighted by atomic mass is 10.2. The first kappa shape index (κ1) is 15.4. The predicted molar refractivity (Wildman–Crippen MR) is 84.2 cm³/mol. The van der Waals surface area contributed by atoms with Crippen molar-refractivity contribution in [1.29, 1.82) is 0 Å². The van der Waals surface area contributed by atoms with Crippen LogP contribution in [0.15, 0.2) is 12.3 Å². The fourth-order valence-electron chi connectivity index (χ4n) is 2.30. The molecule has 0 aromatic carbocycles. The van der Waals surface area contributed by atoms with Crippen molar-refractivity contribution < 1.29 is 4.79 Å². The van der Waals surface area contributed by atoms with E-state index in [-0.39, 0.29) is 11.9 Å². The summed E-state index contributed by atoms with van der Waals surface area (Å²) in [5.41, 5.74) is 0. The van der Waals surface area contributed by atoms with Gasteiger partial charge in [-0.25, -0.2) is 4.68 Å². The molecule has 1 aliphatic rings. The highest BCUT2D eigenvalue weighted by Crippen LogP contribution is 2.18. The van der Waals surface area contributed by atoms with Gasteiger partial charge in [0.05, 0.1) is 18.3 Å². The highest BCUT2D eigenvalue weighted by molar-refractivity contribution is 7.99. The van der Waals surface area contributed by atoms with Crippen molar-refractivity contribution in [2.45, 2.75) is 39.3 Å². The van der Waals surface area contributed by atoms with Gasteiger partial charge in [-0.05, 0) is 20.3 Å². The third-order valence-corrected chi connectivity index (χ3v) is 4.85. The van der Waals surface area contributed by atoms with Crippen LogP contribution in [0, 0.1) is 0 Å². The number of thioether (sulfide) groups is 1. The summed E-state index contributed by atoms with van der Waals surface area (Å²) in [6.45, 7) is 8.18. The minimum Gasteiger partial charge on any atom is -0.310 e. The second-order valence-corrected chi connectivity index (χ2v) is 6.46. The Hall–Kier alpha value is -1.01. The Balaban J connectivity index is 1.98. The number of anilines is 1. The van der Waals surface area contributed by atoms with Crippen LogP contribution in [0.4, 0.5) is 5.82 Å². The zero-order valence-electron chi connectivity index (χ0n) is 12.5. The number of carbonyl (C=O) groups excluding carboxylic acids is 1. The van der Waals surface area contributed by atoms with E-state index < -0.39 is 0 Å². The van der Waals surface area contributed by atoms with Gasteiger partial charge in [-0.15, -0.1) is 0 Å². The van der Waals surface area contributed by atoms with Crippen molar-refractivity contribution in [2.24, 2.45) is 0 Å². The largest absolute Gasteiger partial charge is 0.310 e. The Morgan fingerprint density at radius 1 is 1.45 bits per heavy atom. The van der Waals surface area contributed by atoms with Crippen LogP contribution in [0.5, 0.6) is 0 Å². The monoisotopic (exact) mass is 296 g/mol.